The smallest absolute Gasteiger partial charge is 0.306 e. The number of methoxy groups -OCH3 is 1. The van der Waals surface area contributed by atoms with E-state index in [1.54, 1.807) is 12.1 Å². The summed E-state index contributed by atoms with van der Waals surface area (Å²) in [7, 11) is -1.57. The maximum absolute atomic E-state index is 15.2. The van der Waals surface area contributed by atoms with E-state index in [1.807, 2.05) is 36.4 Å². The summed E-state index contributed by atoms with van der Waals surface area (Å²) in [6, 6.07) is 15.0. The molecular weight excluding hydrogens is 547 g/mol. The number of sulfone groups is 1. The van der Waals surface area contributed by atoms with E-state index in [0.29, 0.717) is 36.5 Å². The monoisotopic (exact) mass is 580 g/mol. The largest absolute Gasteiger partial charge is 0.492 e. The number of fused-ring (bicyclic) bond motifs is 4. The second-order valence-electron chi connectivity index (χ2n) is 11.0. The van der Waals surface area contributed by atoms with Crippen LogP contribution in [0.15, 0.2) is 48.5 Å². The van der Waals surface area contributed by atoms with Gasteiger partial charge in [0.05, 0.1) is 31.6 Å². The summed E-state index contributed by atoms with van der Waals surface area (Å²) in [5.41, 5.74) is 5.56. The topological polar surface area (TPSA) is 88.1 Å². The van der Waals surface area contributed by atoms with Crippen molar-refractivity contribution in [3.8, 4) is 28.4 Å². The Hall–Kier alpha value is -3.59. The van der Waals surface area contributed by atoms with Gasteiger partial charge in [0, 0.05) is 23.1 Å². The molecule has 3 aromatic rings. The van der Waals surface area contributed by atoms with Gasteiger partial charge in [-0.15, -0.1) is 0 Å². The highest BCUT2D eigenvalue weighted by molar-refractivity contribution is 7.91. The molecule has 0 saturated carbocycles. The molecule has 0 amide bonds. The first-order valence-corrected chi connectivity index (χ1v) is 15.9. The molecule has 1 saturated heterocycles. The van der Waals surface area contributed by atoms with E-state index in [-0.39, 0.29) is 48.3 Å². The van der Waals surface area contributed by atoms with Gasteiger partial charge >= 0.3 is 5.97 Å². The Morgan fingerprint density at radius 1 is 0.976 bits per heavy atom. The number of carbonyl (C=O) groups excluding carboxylic acids is 1. The number of hydrogen-bond donors (Lipinski definition) is 0. The maximum Gasteiger partial charge on any atom is 0.306 e. The lowest BCUT2D eigenvalue weighted by Crippen LogP contribution is -2.30. The lowest BCUT2D eigenvalue weighted by atomic mass is 9.94. The molecule has 0 N–H and O–H groups in total. The van der Waals surface area contributed by atoms with Crippen LogP contribution in [0, 0.1) is 5.82 Å². The highest BCUT2D eigenvalue weighted by atomic mass is 32.2. The molecule has 0 spiro atoms. The molecule has 7 nitrogen and oxygen atoms in total. The highest BCUT2D eigenvalue weighted by Crippen LogP contribution is 2.39. The molecule has 1 fully saturated rings. The van der Waals surface area contributed by atoms with Crippen LogP contribution in [0.1, 0.15) is 53.9 Å². The van der Waals surface area contributed by atoms with Gasteiger partial charge in [-0.1, -0.05) is 12.1 Å². The van der Waals surface area contributed by atoms with E-state index in [9.17, 15) is 13.2 Å². The summed E-state index contributed by atoms with van der Waals surface area (Å²) >= 11 is 0. The molecule has 9 heteroatoms. The van der Waals surface area contributed by atoms with E-state index >= 15 is 4.39 Å². The molecule has 2 aliphatic heterocycles. The summed E-state index contributed by atoms with van der Waals surface area (Å²) in [4.78, 5) is 11.7. The fourth-order valence-corrected chi connectivity index (χ4v) is 7.40. The Balaban J connectivity index is 1.18. The van der Waals surface area contributed by atoms with Crippen LogP contribution in [-0.4, -0.2) is 45.7 Å². The van der Waals surface area contributed by atoms with E-state index in [4.69, 9.17) is 18.9 Å². The predicted molar refractivity (Wildman–Crippen MR) is 152 cm³/mol. The number of halogens is 1. The first-order valence-electron chi connectivity index (χ1n) is 14.1. The number of ether oxygens (including phenoxy) is 4. The third kappa shape index (κ3) is 6.05. The Labute approximate surface area is 239 Å². The van der Waals surface area contributed by atoms with Crippen LogP contribution < -0.4 is 14.2 Å². The van der Waals surface area contributed by atoms with Crippen molar-refractivity contribution in [1.29, 1.82) is 0 Å². The second kappa shape index (κ2) is 11.4. The standard InChI is InChI=1S/C32H33FO7S/c1-37-32(34)16-22-18-39-31-17-25(5-8-28(22)31)38-19-23-14-29-21(15-30(23)33)4-2-3-20-13-26(6-7-27(20)29)40-24-9-11-41(35,36)12-10-24/h5-8,13-15,17,22,24H,2-4,9-12,16,18-19H2,1H3/t22-/m1/s1. The maximum atomic E-state index is 15.2. The minimum atomic E-state index is -2.94. The van der Waals surface area contributed by atoms with Crippen LogP contribution >= 0.6 is 0 Å². The van der Waals surface area contributed by atoms with Gasteiger partial charge < -0.3 is 18.9 Å². The van der Waals surface area contributed by atoms with Crippen molar-refractivity contribution in [2.24, 2.45) is 0 Å². The minimum Gasteiger partial charge on any atom is -0.492 e. The lowest BCUT2D eigenvalue weighted by molar-refractivity contribution is -0.141. The zero-order chi connectivity index (χ0) is 28.6. The fraction of sp³-hybridized carbons (Fsp3) is 0.406. The number of benzene rings is 3. The normalized spacial score (nSPS) is 19.2. The molecule has 0 aromatic heterocycles. The first kappa shape index (κ1) is 27.6. The number of carbonyl (C=O) groups is 1. The number of rotatable bonds is 7. The van der Waals surface area contributed by atoms with Gasteiger partial charge in [0.1, 0.15) is 35.8 Å². The van der Waals surface area contributed by atoms with Crippen molar-refractivity contribution in [3.05, 3.63) is 76.6 Å². The van der Waals surface area contributed by atoms with E-state index in [2.05, 4.69) is 0 Å². The summed E-state index contributed by atoms with van der Waals surface area (Å²) in [5, 5.41) is 0. The third-order valence-corrected chi connectivity index (χ3v) is 9.95. The molecule has 1 aliphatic carbocycles. The molecule has 216 valence electrons. The van der Waals surface area contributed by atoms with E-state index in [1.165, 1.54) is 7.11 Å². The van der Waals surface area contributed by atoms with Gasteiger partial charge in [0.25, 0.3) is 0 Å². The molecule has 6 rings (SSSR count). The van der Waals surface area contributed by atoms with Crippen LogP contribution in [0.25, 0.3) is 11.1 Å². The van der Waals surface area contributed by atoms with Crippen molar-refractivity contribution in [3.63, 3.8) is 0 Å². The van der Waals surface area contributed by atoms with Gasteiger partial charge in [0.15, 0.2) is 9.84 Å². The molecule has 1 atom stereocenters. The average molecular weight is 581 g/mol. The summed E-state index contributed by atoms with van der Waals surface area (Å²) in [6.07, 6.45) is 3.69. The molecule has 3 aliphatic rings. The van der Waals surface area contributed by atoms with Crippen LogP contribution in [0.5, 0.6) is 17.2 Å². The Morgan fingerprint density at radius 2 is 1.73 bits per heavy atom. The van der Waals surface area contributed by atoms with Crippen LogP contribution in [0.2, 0.25) is 0 Å². The van der Waals surface area contributed by atoms with Crippen molar-refractivity contribution in [2.45, 2.75) is 57.2 Å². The summed E-state index contributed by atoms with van der Waals surface area (Å²) in [6.45, 7) is 0.465. The predicted octanol–water partition coefficient (Wildman–Crippen LogP) is 5.56. The van der Waals surface area contributed by atoms with Crippen molar-refractivity contribution in [2.75, 3.05) is 25.2 Å². The van der Waals surface area contributed by atoms with Crippen molar-refractivity contribution in [1.82, 2.24) is 0 Å². The Kier molecular flexibility index (Phi) is 7.64. The molecule has 41 heavy (non-hydrogen) atoms. The second-order valence-corrected chi connectivity index (χ2v) is 13.3. The van der Waals surface area contributed by atoms with Gasteiger partial charge in [-0.3, -0.25) is 4.79 Å². The number of hydrogen-bond acceptors (Lipinski definition) is 7. The molecule has 0 unspecified atom stereocenters. The van der Waals surface area contributed by atoms with Gasteiger partial charge in [0.2, 0.25) is 0 Å². The van der Waals surface area contributed by atoms with Crippen LogP contribution in [-0.2, 0) is 38.8 Å². The van der Waals surface area contributed by atoms with Crippen molar-refractivity contribution < 1.29 is 36.6 Å². The molecule has 3 aromatic carbocycles. The third-order valence-electron chi connectivity index (χ3n) is 8.24. The minimum absolute atomic E-state index is 0.0571. The Morgan fingerprint density at radius 3 is 2.51 bits per heavy atom. The van der Waals surface area contributed by atoms with Gasteiger partial charge in [-0.05, 0) is 84.7 Å². The fourth-order valence-electron chi connectivity index (χ4n) is 5.95. The number of esters is 1. The molecule has 2 heterocycles. The Bertz CT molecular complexity index is 1570. The molecule has 0 radical (unpaired) electrons. The van der Waals surface area contributed by atoms with Gasteiger partial charge in [-0.25, -0.2) is 12.8 Å². The average Bonchev–Trinajstić information content (AvgIpc) is 3.26. The molecule has 0 bridgehead atoms. The first-order chi connectivity index (χ1) is 19.8. The SMILES string of the molecule is COC(=O)C[C@@H]1COc2cc(OCc3cc4c(cc3F)CCCc3cc(OC5CCS(=O)(=O)CC5)ccc3-4)ccc21. The van der Waals surface area contributed by atoms with Gasteiger partial charge in [-0.2, -0.15) is 0 Å². The van der Waals surface area contributed by atoms with E-state index < -0.39 is 9.84 Å². The summed E-state index contributed by atoms with van der Waals surface area (Å²) < 4.78 is 61.4. The van der Waals surface area contributed by atoms with Crippen molar-refractivity contribution >= 4 is 15.8 Å². The zero-order valence-corrected chi connectivity index (χ0v) is 23.8. The van der Waals surface area contributed by atoms with E-state index in [0.717, 1.165) is 52.8 Å². The highest BCUT2D eigenvalue weighted by Gasteiger charge is 2.28. The zero-order valence-electron chi connectivity index (χ0n) is 23.0. The molecular formula is C32H33FO7S. The lowest BCUT2D eigenvalue weighted by Gasteiger charge is -2.24. The quantitative estimate of drug-likeness (QED) is 0.339. The summed E-state index contributed by atoms with van der Waals surface area (Å²) in [5.74, 6) is 1.68. The van der Waals surface area contributed by atoms with Crippen LogP contribution in [0.4, 0.5) is 4.39 Å². The number of aryl methyl sites for hydroxylation is 2. The van der Waals surface area contributed by atoms with Crippen LogP contribution in [0.3, 0.4) is 0 Å².